The number of nitrogens with one attached hydrogen (secondary N) is 2. The van der Waals surface area contributed by atoms with Crippen LogP contribution in [0, 0.1) is 12.7 Å². The monoisotopic (exact) mass is 399 g/mol. The average Bonchev–Trinajstić information content (AvgIpc) is 3.14. The SMILES string of the molecule is CC(=O)N(C)[C@H]1CCN(Cc2ccc(F)c(NC(=O)Nc3ccc(C)nc3)c2)C1. The number of hydrogen-bond acceptors (Lipinski definition) is 4. The molecule has 2 heterocycles. The van der Waals surface area contributed by atoms with Crippen LogP contribution < -0.4 is 10.6 Å². The van der Waals surface area contributed by atoms with Gasteiger partial charge in [0.05, 0.1) is 17.6 Å². The van der Waals surface area contributed by atoms with E-state index in [1.54, 1.807) is 42.3 Å². The van der Waals surface area contributed by atoms with Crippen molar-refractivity contribution in [1.29, 1.82) is 0 Å². The summed E-state index contributed by atoms with van der Waals surface area (Å²) in [4.78, 5) is 31.8. The second-order valence-corrected chi connectivity index (χ2v) is 7.39. The Labute approximate surface area is 169 Å². The Morgan fingerprint density at radius 2 is 2.07 bits per heavy atom. The van der Waals surface area contributed by atoms with E-state index in [1.165, 1.54) is 6.07 Å². The second kappa shape index (κ2) is 9.00. The number of likely N-dealkylation sites (N-methyl/N-ethyl adjacent to an activating group) is 1. The molecule has 3 amide bonds. The van der Waals surface area contributed by atoms with E-state index in [9.17, 15) is 14.0 Å². The van der Waals surface area contributed by atoms with Crippen molar-refractivity contribution >= 4 is 23.3 Å². The number of aromatic nitrogens is 1. The van der Waals surface area contributed by atoms with Gasteiger partial charge in [-0.3, -0.25) is 14.7 Å². The number of pyridine rings is 1. The molecule has 1 saturated heterocycles. The van der Waals surface area contributed by atoms with Gasteiger partial charge < -0.3 is 15.5 Å². The topological polar surface area (TPSA) is 77.6 Å². The van der Waals surface area contributed by atoms with E-state index in [2.05, 4.69) is 20.5 Å². The first-order chi connectivity index (χ1) is 13.8. The zero-order chi connectivity index (χ0) is 21.0. The van der Waals surface area contributed by atoms with Crippen molar-refractivity contribution in [1.82, 2.24) is 14.8 Å². The van der Waals surface area contributed by atoms with Gasteiger partial charge in [0.2, 0.25) is 5.91 Å². The van der Waals surface area contributed by atoms with Crippen molar-refractivity contribution in [2.24, 2.45) is 0 Å². The van der Waals surface area contributed by atoms with Crippen LogP contribution in [0.25, 0.3) is 0 Å². The molecule has 1 aliphatic rings. The normalized spacial score (nSPS) is 16.5. The Bertz CT molecular complexity index is 887. The third-order valence-electron chi connectivity index (χ3n) is 5.15. The number of urea groups is 1. The number of rotatable bonds is 5. The number of likely N-dealkylation sites (tertiary alicyclic amines) is 1. The number of aryl methyl sites for hydroxylation is 1. The number of halogens is 1. The molecule has 154 valence electrons. The molecule has 0 bridgehead atoms. The molecule has 0 unspecified atom stereocenters. The number of carbonyl (C=O) groups excluding carboxylic acids is 2. The van der Waals surface area contributed by atoms with Gasteiger partial charge in [0, 0.05) is 45.3 Å². The lowest BCUT2D eigenvalue weighted by atomic mass is 10.2. The van der Waals surface area contributed by atoms with E-state index in [1.807, 2.05) is 14.0 Å². The van der Waals surface area contributed by atoms with Crippen molar-refractivity contribution < 1.29 is 14.0 Å². The van der Waals surface area contributed by atoms with Crippen LogP contribution >= 0.6 is 0 Å². The fourth-order valence-corrected chi connectivity index (χ4v) is 3.38. The van der Waals surface area contributed by atoms with E-state index >= 15 is 0 Å². The maximum atomic E-state index is 14.2. The number of carbonyl (C=O) groups is 2. The number of benzene rings is 1. The van der Waals surface area contributed by atoms with E-state index in [0.717, 1.165) is 30.8 Å². The molecule has 2 N–H and O–H groups in total. The molecule has 1 fully saturated rings. The summed E-state index contributed by atoms with van der Waals surface area (Å²) in [5.74, 6) is -0.443. The first-order valence-electron chi connectivity index (χ1n) is 9.56. The molecule has 0 spiro atoms. The number of anilines is 2. The number of hydrogen-bond donors (Lipinski definition) is 2. The Morgan fingerprint density at radius 3 is 2.76 bits per heavy atom. The Kier molecular flexibility index (Phi) is 6.43. The maximum Gasteiger partial charge on any atom is 0.323 e. The smallest absolute Gasteiger partial charge is 0.323 e. The van der Waals surface area contributed by atoms with E-state index in [0.29, 0.717) is 12.2 Å². The lowest BCUT2D eigenvalue weighted by Crippen LogP contribution is -2.37. The first kappa shape index (κ1) is 20.7. The van der Waals surface area contributed by atoms with Crippen LogP contribution in [-0.2, 0) is 11.3 Å². The van der Waals surface area contributed by atoms with Crippen molar-refractivity contribution in [2.75, 3.05) is 30.8 Å². The van der Waals surface area contributed by atoms with Gasteiger partial charge in [-0.1, -0.05) is 6.07 Å². The van der Waals surface area contributed by atoms with Crippen molar-refractivity contribution in [3.8, 4) is 0 Å². The van der Waals surface area contributed by atoms with E-state index in [-0.39, 0.29) is 17.6 Å². The van der Waals surface area contributed by atoms with Crippen LogP contribution in [0.5, 0.6) is 0 Å². The molecule has 1 aromatic carbocycles. The lowest BCUT2D eigenvalue weighted by molar-refractivity contribution is -0.129. The van der Waals surface area contributed by atoms with Crippen LogP contribution in [0.1, 0.15) is 24.6 Å². The summed E-state index contributed by atoms with van der Waals surface area (Å²) in [6.07, 6.45) is 2.46. The van der Waals surface area contributed by atoms with Gasteiger partial charge in [-0.15, -0.1) is 0 Å². The summed E-state index contributed by atoms with van der Waals surface area (Å²) in [6.45, 7) is 5.69. The Morgan fingerprint density at radius 1 is 1.28 bits per heavy atom. The zero-order valence-corrected chi connectivity index (χ0v) is 16.9. The minimum absolute atomic E-state index is 0.0555. The van der Waals surface area contributed by atoms with E-state index in [4.69, 9.17) is 0 Å². The van der Waals surface area contributed by atoms with Gasteiger partial charge in [-0.25, -0.2) is 9.18 Å². The molecule has 1 atom stereocenters. The maximum absolute atomic E-state index is 14.2. The highest BCUT2D eigenvalue weighted by Gasteiger charge is 2.27. The first-order valence-corrected chi connectivity index (χ1v) is 9.56. The van der Waals surface area contributed by atoms with Crippen LogP contribution in [0.2, 0.25) is 0 Å². The summed E-state index contributed by atoms with van der Waals surface area (Å²) >= 11 is 0. The molecule has 0 radical (unpaired) electrons. The molecule has 3 rings (SSSR count). The molecular formula is C21H26FN5O2. The minimum Gasteiger partial charge on any atom is -0.342 e. The van der Waals surface area contributed by atoms with Crippen LogP contribution in [0.15, 0.2) is 36.5 Å². The molecular weight excluding hydrogens is 373 g/mol. The summed E-state index contributed by atoms with van der Waals surface area (Å²) in [5, 5.41) is 5.20. The molecule has 1 aliphatic heterocycles. The molecule has 29 heavy (non-hydrogen) atoms. The molecule has 1 aromatic heterocycles. The molecule has 2 aromatic rings. The predicted molar refractivity (Wildman–Crippen MR) is 110 cm³/mol. The second-order valence-electron chi connectivity index (χ2n) is 7.39. The third kappa shape index (κ3) is 5.51. The van der Waals surface area contributed by atoms with Crippen LogP contribution in [-0.4, -0.2) is 52.9 Å². The Hall–Kier alpha value is -3.00. The largest absolute Gasteiger partial charge is 0.342 e. The fourth-order valence-electron chi connectivity index (χ4n) is 3.38. The van der Waals surface area contributed by atoms with E-state index < -0.39 is 11.8 Å². The molecule has 0 aliphatic carbocycles. The highest BCUT2D eigenvalue weighted by atomic mass is 19.1. The summed E-state index contributed by atoms with van der Waals surface area (Å²) in [7, 11) is 1.82. The van der Waals surface area contributed by atoms with Crippen LogP contribution in [0.4, 0.5) is 20.6 Å². The van der Waals surface area contributed by atoms with Crippen molar-refractivity contribution in [2.45, 2.75) is 32.9 Å². The number of nitrogens with zero attached hydrogens (tertiary/aromatic N) is 3. The Balaban J connectivity index is 1.60. The highest BCUT2D eigenvalue weighted by Crippen LogP contribution is 2.21. The molecule has 8 heteroatoms. The molecule has 0 saturated carbocycles. The zero-order valence-electron chi connectivity index (χ0n) is 16.9. The average molecular weight is 399 g/mol. The van der Waals surface area contributed by atoms with Gasteiger partial charge in [0.15, 0.2) is 0 Å². The summed E-state index contributed by atoms with van der Waals surface area (Å²) in [5.41, 5.74) is 2.39. The minimum atomic E-state index is -0.531. The predicted octanol–water partition coefficient (Wildman–Crippen LogP) is 3.23. The van der Waals surface area contributed by atoms with Crippen LogP contribution in [0.3, 0.4) is 0 Å². The quantitative estimate of drug-likeness (QED) is 0.809. The molecule has 7 nitrogen and oxygen atoms in total. The van der Waals surface area contributed by atoms with Gasteiger partial charge in [-0.2, -0.15) is 0 Å². The van der Waals surface area contributed by atoms with Gasteiger partial charge >= 0.3 is 6.03 Å². The lowest BCUT2D eigenvalue weighted by Gasteiger charge is -2.23. The standard InChI is InChI=1S/C21H26FN5O2/c1-14-4-6-17(11-23-14)24-21(29)25-20-10-16(5-7-19(20)22)12-27-9-8-18(13-27)26(3)15(2)28/h4-7,10-11,18H,8-9,12-13H2,1-3H3,(H2,24,25,29)/t18-/m0/s1. The van der Waals surface area contributed by atoms with Gasteiger partial charge in [0.1, 0.15) is 5.82 Å². The number of amides is 3. The summed E-state index contributed by atoms with van der Waals surface area (Å²) < 4.78 is 14.2. The summed E-state index contributed by atoms with van der Waals surface area (Å²) in [6, 6.07) is 7.89. The van der Waals surface area contributed by atoms with Crippen molar-refractivity contribution in [3.05, 3.63) is 53.6 Å². The van der Waals surface area contributed by atoms with Gasteiger partial charge in [-0.05, 0) is 43.2 Å². The highest BCUT2D eigenvalue weighted by molar-refractivity contribution is 5.99. The third-order valence-corrected chi connectivity index (χ3v) is 5.15. The van der Waals surface area contributed by atoms with Gasteiger partial charge in [0.25, 0.3) is 0 Å². The van der Waals surface area contributed by atoms with Crippen molar-refractivity contribution in [3.63, 3.8) is 0 Å². The fraction of sp³-hybridized carbons (Fsp3) is 0.381.